The summed E-state index contributed by atoms with van der Waals surface area (Å²) in [5, 5.41) is 12.0. The van der Waals surface area contributed by atoms with Crippen LogP contribution in [0.25, 0.3) is 0 Å². The molecule has 17 heavy (non-hydrogen) atoms. The number of rotatable bonds is 4. The maximum Gasteiger partial charge on any atom is 0.252 e. The minimum absolute atomic E-state index is 0.0390. The lowest BCUT2D eigenvalue weighted by atomic mass is 10.0. The summed E-state index contributed by atoms with van der Waals surface area (Å²) < 4.78 is 0.948. The van der Waals surface area contributed by atoms with Crippen molar-refractivity contribution in [3.8, 4) is 0 Å². The summed E-state index contributed by atoms with van der Waals surface area (Å²) in [6.07, 6.45) is 0. The minimum Gasteiger partial charge on any atom is -0.396 e. The van der Waals surface area contributed by atoms with Gasteiger partial charge in [-0.25, -0.2) is 0 Å². The van der Waals surface area contributed by atoms with Gasteiger partial charge >= 0.3 is 0 Å². The second-order valence-corrected chi connectivity index (χ2v) is 5.52. The van der Waals surface area contributed by atoms with E-state index in [1.807, 2.05) is 39.0 Å². The molecule has 94 valence electrons. The Morgan fingerprint density at radius 3 is 2.65 bits per heavy atom. The van der Waals surface area contributed by atoms with Crippen LogP contribution in [-0.2, 0) is 0 Å². The Hall–Kier alpha value is -0.620. The third-order valence-electron chi connectivity index (χ3n) is 2.95. The zero-order valence-corrected chi connectivity index (χ0v) is 12.5. The van der Waals surface area contributed by atoms with Crippen LogP contribution in [-0.4, -0.2) is 23.7 Å². The highest BCUT2D eigenvalue weighted by Gasteiger charge is 2.18. The molecular formula is C13H18INO2. The normalized spacial score (nSPS) is 14.2. The molecule has 0 saturated carbocycles. The number of hydrogen-bond acceptors (Lipinski definition) is 2. The molecule has 0 aromatic heterocycles. The molecule has 2 unspecified atom stereocenters. The molecule has 1 rings (SSSR count). The lowest BCUT2D eigenvalue weighted by molar-refractivity contribution is 0.0915. The maximum absolute atomic E-state index is 12.1. The number of nitrogens with one attached hydrogen (secondary N) is 1. The highest BCUT2D eigenvalue weighted by Crippen LogP contribution is 2.16. The molecule has 1 aromatic rings. The summed E-state index contributed by atoms with van der Waals surface area (Å²) in [6, 6.07) is 5.75. The van der Waals surface area contributed by atoms with Crippen LogP contribution < -0.4 is 5.32 Å². The molecule has 1 amide bonds. The molecule has 0 aliphatic heterocycles. The van der Waals surface area contributed by atoms with Crippen LogP contribution in [0.2, 0.25) is 0 Å². The molecule has 0 aliphatic carbocycles. The van der Waals surface area contributed by atoms with E-state index in [4.69, 9.17) is 5.11 Å². The van der Waals surface area contributed by atoms with Crippen LogP contribution in [0.1, 0.15) is 29.8 Å². The van der Waals surface area contributed by atoms with Crippen LogP contribution in [0.15, 0.2) is 18.2 Å². The van der Waals surface area contributed by atoms with Gasteiger partial charge < -0.3 is 10.4 Å². The predicted octanol–water partition coefficient (Wildman–Crippen LogP) is 2.35. The van der Waals surface area contributed by atoms with E-state index in [-0.39, 0.29) is 24.5 Å². The number of hydrogen-bond donors (Lipinski definition) is 2. The van der Waals surface area contributed by atoms with Crippen molar-refractivity contribution < 1.29 is 9.90 Å². The molecule has 0 heterocycles. The number of aliphatic hydroxyl groups excluding tert-OH is 1. The van der Waals surface area contributed by atoms with E-state index in [1.165, 1.54) is 0 Å². The Balaban J connectivity index is 2.84. The van der Waals surface area contributed by atoms with Crippen molar-refractivity contribution in [2.45, 2.75) is 26.8 Å². The molecule has 3 nitrogen and oxygen atoms in total. The van der Waals surface area contributed by atoms with Gasteiger partial charge in [0.1, 0.15) is 0 Å². The van der Waals surface area contributed by atoms with Crippen LogP contribution in [0.5, 0.6) is 0 Å². The predicted molar refractivity (Wildman–Crippen MR) is 77.1 cm³/mol. The van der Waals surface area contributed by atoms with Crippen molar-refractivity contribution in [2.24, 2.45) is 5.92 Å². The van der Waals surface area contributed by atoms with Gasteiger partial charge in [-0.3, -0.25) is 4.79 Å². The monoisotopic (exact) mass is 347 g/mol. The minimum atomic E-state index is -0.0692. The summed E-state index contributed by atoms with van der Waals surface area (Å²) >= 11 is 2.16. The van der Waals surface area contributed by atoms with Gasteiger partial charge in [-0.1, -0.05) is 19.1 Å². The van der Waals surface area contributed by atoms with E-state index < -0.39 is 0 Å². The third-order valence-corrected chi connectivity index (χ3v) is 3.85. The molecular weight excluding hydrogens is 329 g/mol. The number of benzene rings is 1. The molecule has 0 aliphatic rings. The van der Waals surface area contributed by atoms with Crippen molar-refractivity contribution in [2.75, 3.05) is 6.61 Å². The lowest BCUT2D eigenvalue weighted by Gasteiger charge is -2.20. The SMILES string of the molecule is Cc1cccc(I)c1C(=O)NC(C)C(C)CO. The zero-order chi connectivity index (χ0) is 13.0. The fraction of sp³-hybridized carbons (Fsp3) is 0.462. The van der Waals surface area contributed by atoms with E-state index in [2.05, 4.69) is 27.9 Å². The zero-order valence-electron chi connectivity index (χ0n) is 10.3. The molecule has 1 aromatic carbocycles. The number of halogens is 1. The molecule has 0 fully saturated rings. The molecule has 0 saturated heterocycles. The van der Waals surface area contributed by atoms with Crippen LogP contribution in [0.3, 0.4) is 0 Å². The largest absolute Gasteiger partial charge is 0.396 e. The number of carbonyl (C=O) groups is 1. The Bertz CT molecular complexity index is 386. The van der Waals surface area contributed by atoms with Gasteiger partial charge in [0.15, 0.2) is 0 Å². The molecule has 0 bridgehead atoms. The smallest absolute Gasteiger partial charge is 0.252 e. The standard InChI is InChI=1S/C13H18INO2/c1-8-5-4-6-11(14)12(8)13(17)15-10(3)9(2)7-16/h4-6,9-10,16H,7H2,1-3H3,(H,15,17). The highest BCUT2D eigenvalue weighted by molar-refractivity contribution is 14.1. The first kappa shape index (κ1) is 14.4. The van der Waals surface area contributed by atoms with Crippen LogP contribution in [0, 0.1) is 16.4 Å². The first-order valence-electron chi connectivity index (χ1n) is 5.64. The lowest BCUT2D eigenvalue weighted by Crippen LogP contribution is -2.38. The molecule has 2 atom stereocenters. The van der Waals surface area contributed by atoms with Gasteiger partial charge in [-0.2, -0.15) is 0 Å². The Morgan fingerprint density at radius 1 is 1.47 bits per heavy atom. The number of amides is 1. The van der Waals surface area contributed by atoms with Crippen molar-refractivity contribution in [1.82, 2.24) is 5.32 Å². The van der Waals surface area contributed by atoms with Gasteiger partial charge in [-0.15, -0.1) is 0 Å². The Labute approximate surface area is 116 Å². The van der Waals surface area contributed by atoms with Crippen molar-refractivity contribution in [3.05, 3.63) is 32.9 Å². The van der Waals surface area contributed by atoms with E-state index in [0.717, 1.165) is 14.7 Å². The average Bonchev–Trinajstić information content (AvgIpc) is 2.27. The number of carbonyl (C=O) groups excluding carboxylic acids is 1. The first-order chi connectivity index (χ1) is 7.97. The van der Waals surface area contributed by atoms with Crippen LogP contribution in [0.4, 0.5) is 0 Å². The van der Waals surface area contributed by atoms with Gasteiger partial charge in [0.05, 0.1) is 5.56 Å². The van der Waals surface area contributed by atoms with Gasteiger partial charge in [0, 0.05) is 16.2 Å². The molecule has 4 heteroatoms. The number of aliphatic hydroxyl groups is 1. The van der Waals surface area contributed by atoms with Crippen molar-refractivity contribution >= 4 is 28.5 Å². The van der Waals surface area contributed by atoms with E-state index in [1.54, 1.807) is 0 Å². The van der Waals surface area contributed by atoms with Gasteiger partial charge in [-0.05, 0) is 54.0 Å². The van der Waals surface area contributed by atoms with Crippen molar-refractivity contribution in [1.29, 1.82) is 0 Å². The Morgan fingerprint density at radius 2 is 2.12 bits per heavy atom. The fourth-order valence-electron chi connectivity index (χ4n) is 1.50. The molecule has 0 radical (unpaired) electrons. The fourth-order valence-corrected chi connectivity index (χ4v) is 2.38. The summed E-state index contributed by atoms with van der Waals surface area (Å²) in [6.45, 7) is 5.82. The quantitative estimate of drug-likeness (QED) is 0.822. The molecule has 2 N–H and O–H groups in total. The highest BCUT2D eigenvalue weighted by atomic mass is 127. The van der Waals surface area contributed by atoms with Crippen molar-refractivity contribution in [3.63, 3.8) is 0 Å². The third kappa shape index (κ3) is 3.67. The summed E-state index contributed by atoms with van der Waals surface area (Å²) in [5.41, 5.74) is 1.70. The second kappa shape index (κ2) is 6.35. The first-order valence-corrected chi connectivity index (χ1v) is 6.72. The summed E-state index contributed by atoms with van der Waals surface area (Å²) in [4.78, 5) is 12.1. The summed E-state index contributed by atoms with van der Waals surface area (Å²) in [5.74, 6) is -0.0130. The van der Waals surface area contributed by atoms with Gasteiger partial charge in [0.25, 0.3) is 5.91 Å². The van der Waals surface area contributed by atoms with E-state index in [0.29, 0.717) is 0 Å². The Kier molecular flexibility index (Phi) is 5.39. The van der Waals surface area contributed by atoms with E-state index in [9.17, 15) is 4.79 Å². The molecule has 0 spiro atoms. The van der Waals surface area contributed by atoms with Gasteiger partial charge in [0.2, 0.25) is 0 Å². The number of aryl methyl sites for hydroxylation is 1. The topological polar surface area (TPSA) is 49.3 Å². The van der Waals surface area contributed by atoms with E-state index >= 15 is 0 Å². The maximum atomic E-state index is 12.1. The summed E-state index contributed by atoms with van der Waals surface area (Å²) in [7, 11) is 0. The van der Waals surface area contributed by atoms with Crippen LogP contribution >= 0.6 is 22.6 Å². The second-order valence-electron chi connectivity index (χ2n) is 4.35. The average molecular weight is 347 g/mol.